The second kappa shape index (κ2) is 5.17. The molecule has 1 aromatic heterocycles. The molecule has 1 aromatic carbocycles. The van der Waals surface area contributed by atoms with Crippen molar-refractivity contribution in [1.29, 1.82) is 0 Å². The topological polar surface area (TPSA) is 74.2 Å². The van der Waals surface area contributed by atoms with Crippen LogP contribution in [-0.2, 0) is 0 Å². The van der Waals surface area contributed by atoms with E-state index in [1.807, 2.05) is 18.2 Å². The third-order valence-corrected chi connectivity index (χ3v) is 3.91. The molecule has 1 aliphatic rings. The van der Waals surface area contributed by atoms with Gasteiger partial charge in [-0.15, -0.1) is 0 Å². The highest BCUT2D eigenvalue weighted by molar-refractivity contribution is 6.07. The molecule has 3 rings (SSSR count). The predicted octanol–water partition coefficient (Wildman–Crippen LogP) is 1.57. The number of likely N-dealkylation sites (tertiary alicyclic amines) is 1. The molecule has 1 amide bonds. The molecule has 106 valence electrons. The molecular weight excluding hydrogens is 252 g/mol. The Morgan fingerprint density at radius 3 is 3.15 bits per heavy atom. The number of carbonyl (C=O) groups is 1. The van der Waals surface area contributed by atoms with Crippen LogP contribution in [0.2, 0.25) is 0 Å². The van der Waals surface area contributed by atoms with Crippen molar-refractivity contribution in [2.45, 2.75) is 18.9 Å². The van der Waals surface area contributed by atoms with Gasteiger partial charge in [-0.25, -0.2) is 0 Å². The van der Waals surface area contributed by atoms with Gasteiger partial charge in [-0.05, 0) is 44.6 Å². The molecule has 1 atom stereocenters. The first-order valence-electron chi connectivity index (χ1n) is 6.99. The Balaban J connectivity index is 1.78. The highest BCUT2D eigenvalue weighted by Crippen LogP contribution is 2.21. The lowest BCUT2D eigenvalue weighted by atomic mass is 10.1. The molecule has 0 bridgehead atoms. The molecule has 1 aliphatic heterocycles. The first-order valence-corrected chi connectivity index (χ1v) is 6.99. The number of aromatic nitrogens is 1. The number of likely N-dealkylation sites (N-methyl/N-ethyl adjacent to an activating group) is 1. The second-order valence-corrected chi connectivity index (χ2v) is 5.58. The maximum atomic E-state index is 12.4. The Morgan fingerprint density at radius 2 is 2.35 bits per heavy atom. The number of H-pyrrole nitrogens is 1. The lowest BCUT2D eigenvalue weighted by Crippen LogP contribution is -2.46. The zero-order chi connectivity index (χ0) is 14.1. The summed E-state index contributed by atoms with van der Waals surface area (Å²) in [6, 6.07) is 5.80. The molecule has 0 saturated carbocycles. The van der Waals surface area contributed by atoms with Crippen molar-refractivity contribution >= 4 is 22.5 Å². The Morgan fingerprint density at radius 1 is 1.50 bits per heavy atom. The minimum Gasteiger partial charge on any atom is -0.399 e. The van der Waals surface area contributed by atoms with Crippen LogP contribution in [0, 0.1) is 0 Å². The van der Waals surface area contributed by atoms with Gasteiger partial charge in [-0.2, -0.15) is 0 Å². The summed E-state index contributed by atoms with van der Waals surface area (Å²) >= 11 is 0. The number of hydrogen-bond donors (Lipinski definition) is 3. The molecule has 4 N–H and O–H groups in total. The minimum absolute atomic E-state index is 0.0127. The van der Waals surface area contributed by atoms with Crippen LogP contribution in [0.25, 0.3) is 10.9 Å². The van der Waals surface area contributed by atoms with Gasteiger partial charge >= 0.3 is 0 Å². The summed E-state index contributed by atoms with van der Waals surface area (Å²) in [5.74, 6) is -0.0127. The fourth-order valence-corrected chi connectivity index (χ4v) is 2.88. The molecule has 2 heterocycles. The SMILES string of the molecule is CN1CCCC(NC(=O)c2c[nH]c3cc(N)ccc23)C1. The van der Waals surface area contributed by atoms with Crippen LogP contribution < -0.4 is 11.1 Å². The number of rotatable bonds is 2. The van der Waals surface area contributed by atoms with Gasteiger partial charge in [-0.1, -0.05) is 0 Å². The molecule has 0 spiro atoms. The molecule has 1 unspecified atom stereocenters. The summed E-state index contributed by atoms with van der Waals surface area (Å²) in [4.78, 5) is 17.8. The van der Waals surface area contributed by atoms with Crippen LogP contribution in [0.3, 0.4) is 0 Å². The van der Waals surface area contributed by atoms with E-state index in [4.69, 9.17) is 5.73 Å². The number of nitrogens with two attached hydrogens (primary N) is 1. The smallest absolute Gasteiger partial charge is 0.253 e. The van der Waals surface area contributed by atoms with Gasteiger partial charge in [0.15, 0.2) is 0 Å². The van der Waals surface area contributed by atoms with Crippen LogP contribution in [0.15, 0.2) is 24.4 Å². The van der Waals surface area contributed by atoms with E-state index in [2.05, 4.69) is 22.2 Å². The quantitative estimate of drug-likeness (QED) is 0.727. The molecule has 1 saturated heterocycles. The summed E-state index contributed by atoms with van der Waals surface area (Å²) in [6.45, 7) is 2.03. The van der Waals surface area contributed by atoms with Crippen LogP contribution >= 0.6 is 0 Å². The van der Waals surface area contributed by atoms with E-state index in [-0.39, 0.29) is 11.9 Å². The lowest BCUT2D eigenvalue weighted by molar-refractivity contribution is 0.0914. The van der Waals surface area contributed by atoms with E-state index in [9.17, 15) is 4.79 Å². The Bertz CT molecular complexity index is 634. The van der Waals surface area contributed by atoms with Crippen LogP contribution in [0.1, 0.15) is 23.2 Å². The minimum atomic E-state index is -0.0127. The number of nitrogen functional groups attached to an aromatic ring is 1. The zero-order valence-corrected chi connectivity index (χ0v) is 11.6. The van der Waals surface area contributed by atoms with Gasteiger partial charge < -0.3 is 20.9 Å². The third-order valence-electron chi connectivity index (χ3n) is 3.91. The summed E-state index contributed by atoms with van der Waals surface area (Å²) in [6.07, 6.45) is 3.93. The van der Waals surface area contributed by atoms with Gasteiger partial charge in [0.05, 0.1) is 5.56 Å². The number of carbonyl (C=O) groups excluding carboxylic acids is 1. The van der Waals surface area contributed by atoms with Crippen molar-refractivity contribution in [3.63, 3.8) is 0 Å². The molecular formula is C15H20N4O. The largest absolute Gasteiger partial charge is 0.399 e. The number of aromatic amines is 1. The van der Waals surface area contributed by atoms with Crippen LogP contribution in [-0.4, -0.2) is 42.0 Å². The maximum absolute atomic E-state index is 12.4. The van der Waals surface area contributed by atoms with Gasteiger partial charge in [0.1, 0.15) is 0 Å². The highest BCUT2D eigenvalue weighted by atomic mass is 16.1. The average molecular weight is 272 g/mol. The van der Waals surface area contributed by atoms with E-state index < -0.39 is 0 Å². The number of fused-ring (bicyclic) bond motifs is 1. The summed E-state index contributed by atoms with van der Waals surface area (Å²) in [5.41, 5.74) is 8.03. The standard InChI is InChI=1S/C15H20N4O/c1-19-6-2-3-11(9-19)18-15(20)13-8-17-14-7-10(16)4-5-12(13)14/h4-5,7-8,11,17H,2-3,6,9,16H2,1H3,(H,18,20). The number of amides is 1. The number of benzene rings is 1. The molecule has 5 heteroatoms. The summed E-state index contributed by atoms with van der Waals surface area (Å²) in [5, 5.41) is 4.04. The molecule has 2 aromatic rings. The van der Waals surface area contributed by atoms with Crippen molar-refractivity contribution in [3.05, 3.63) is 30.0 Å². The number of piperidine rings is 1. The fourth-order valence-electron chi connectivity index (χ4n) is 2.88. The van der Waals surface area contributed by atoms with Crippen molar-refractivity contribution in [3.8, 4) is 0 Å². The molecule has 0 radical (unpaired) electrons. The summed E-state index contributed by atoms with van der Waals surface area (Å²) in [7, 11) is 2.09. The van der Waals surface area contributed by atoms with E-state index in [1.54, 1.807) is 6.20 Å². The van der Waals surface area contributed by atoms with Gasteiger partial charge in [0, 0.05) is 35.4 Å². The molecule has 5 nitrogen and oxygen atoms in total. The highest BCUT2D eigenvalue weighted by Gasteiger charge is 2.20. The van der Waals surface area contributed by atoms with Gasteiger partial charge in [-0.3, -0.25) is 4.79 Å². The van der Waals surface area contributed by atoms with Crippen molar-refractivity contribution in [1.82, 2.24) is 15.2 Å². The van der Waals surface area contributed by atoms with Crippen LogP contribution in [0.4, 0.5) is 5.69 Å². The van der Waals surface area contributed by atoms with E-state index in [0.717, 1.165) is 36.8 Å². The van der Waals surface area contributed by atoms with Gasteiger partial charge in [0.2, 0.25) is 0 Å². The molecule has 1 fully saturated rings. The predicted molar refractivity (Wildman–Crippen MR) is 80.7 cm³/mol. The number of anilines is 1. The van der Waals surface area contributed by atoms with Crippen LogP contribution in [0.5, 0.6) is 0 Å². The van der Waals surface area contributed by atoms with Gasteiger partial charge in [0.25, 0.3) is 5.91 Å². The third kappa shape index (κ3) is 2.49. The van der Waals surface area contributed by atoms with E-state index in [0.29, 0.717) is 11.3 Å². The normalized spacial score (nSPS) is 20.1. The van der Waals surface area contributed by atoms with E-state index in [1.165, 1.54) is 0 Å². The van der Waals surface area contributed by atoms with Crippen molar-refractivity contribution in [2.24, 2.45) is 0 Å². The zero-order valence-electron chi connectivity index (χ0n) is 11.6. The number of nitrogens with one attached hydrogen (secondary N) is 2. The lowest BCUT2D eigenvalue weighted by Gasteiger charge is -2.30. The monoisotopic (exact) mass is 272 g/mol. The summed E-state index contributed by atoms with van der Waals surface area (Å²) < 4.78 is 0. The first kappa shape index (κ1) is 13.0. The Hall–Kier alpha value is -2.01. The number of nitrogens with zero attached hydrogens (tertiary/aromatic N) is 1. The average Bonchev–Trinajstić information content (AvgIpc) is 2.81. The van der Waals surface area contributed by atoms with Crippen molar-refractivity contribution < 1.29 is 4.79 Å². The molecule has 20 heavy (non-hydrogen) atoms. The van der Waals surface area contributed by atoms with E-state index >= 15 is 0 Å². The number of hydrogen-bond acceptors (Lipinski definition) is 3. The first-order chi connectivity index (χ1) is 9.63. The fraction of sp³-hybridized carbons (Fsp3) is 0.400. The molecule has 0 aliphatic carbocycles. The van der Waals surface area contributed by atoms with Crippen molar-refractivity contribution in [2.75, 3.05) is 25.9 Å². The second-order valence-electron chi connectivity index (χ2n) is 5.58. The Labute approximate surface area is 118 Å². The maximum Gasteiger partial charge on any atom is 0.253 e. The Kier molecular flexibility index (Phi) is 3.36.